The van der Waals surface area contributed by atoms with E-state index in [0.29, 0.717) is 6.04 Å². The van der Waals surface area contributed by atoms with E-state index in [4.69, 9.17) is 5.73 Å². The van der Waals surface area contributed by atoms with Gasteiger partial charge in [0.2, 0.25) is 0 Å². The molecule has 3 heterocycles. The molecule has 3 unspecified atom stereocenters. The molecule has 2 N–H and O–H groups in total. The molecule has 3 aliphatic heterocycles. The van der Waals surface area contributed by atoms with Gasteiger partial charge in [0.05, 0.1) is 0 Å². The highest BCUT2D eigenvalue weighted by atomic mass is 15.2. The van der Waals surface area contributed by atoms with E-state index in [0.717, 1.165) is 18.4 Å². The van der Waals surface area contributed by atoms with Crippen molar-refractivity contribution in [3.05, 3.63) is 12.7 Å². The van der Waals surface area contributed by atoms with Crippen molar-refractivity contribution in [2.24, 2.45) is 17.6 Å². The summed E-state index contributed by atoms with van der Waals surface area (Å²) in [5.41, 5.74) is 5.71. The van der Waals surface area contributed by atoms with Crippen molar-refractivity contribution in [3.8, 4) is 0 Å². The van der Waals surface area contributed by atoms with Crippen LogP contribution in [0.4, 0.5) is 0 Å². The fourth-order valence-corrected chi connectivity index (χ4v) is 2.69. The number of nitrogens with zero attached hydrogens (tertiary/aromatic N) is 1. The normalized spacial score (nSPS) is 46.1. The lowest BCUT2D eigenvalue weighted by atomic mass is 9.76. The predicted molar refractivity (Wildman–Crippen MR) is 50.8 cm³/mol. The molecule has 0 radical (unpaired) electrons. The molecule has 3 saturated heterocycles. The molecule has 3 aliphatic rings. The van der Waals surface area contributed by atoms with Gasteiger partial charge in [0.15, 0.2) is 0 Å². The van der Waals surface area contributed by atoms with Crippen molar-refractivity contribution in [2.45, 2.75) is 18.9 Å². The second kappa shape index (κ2) is 3.19. The summed E-state index contributed by atoms with van der Waals surface area (Å²) >= 11 is 0. The maximum atomic E-state index is 5.71. The molecule has 0 aromatic heterocycles. The van der Waals surface area contributed by atoms with Crippen molar-refractivity contribution in [3.63, 3.8) is 0 Å². The molecule has 0 amide bonds. The first-order valence-corrected chi connectivity index (χ1v) is 4.92. The van der Waals surface area contributed by atoms with Crippen LogP contribution in [0.25, 0.3) is 0 Å². The largest absolute Gasteiger partial charge is 0.329 e. The highest BCUT2D eigenvalue weighted by Gasteiger charge is 2.37. The smallest absolute Gasteiger partial charge is 0.0221 e. The molecule has 12 heavy (non-hydrogen) atoms. The summed E-state index contributed by atoms with van der Waals surface area (Å²) < 4.78 is 0. The van der Waals surface area contributed by atoms with Gasteiger partial charge in [-0.1, -0.05) is 6.08 Å². The minimum atomic E-state index is 0.667. The highest BCUT2D eigenvalue weighted by molar-refractivity contribution is 4.98. The Balaban J connectivity index is 2.05. The Hall–Kier alpha value is -0.340. The second-order valence-corrected chi connectivity index (χ2v) is 4.07. The molecule has 0 spiro atoms. The van der Waals surface area contributed by atoms with E-state index in [2.05, 4.69) is 17.6 Å². The van der Waals surface area contributed by atoms with E-state index in [-0.39, 0.29) is 0 Å². The molecule has 0 aromatic rings. The number of piperidine rings is 3. The minimum absolute atomic E-state index is 0.667. The van der Waals surface area contributed by atoms with E-state index in [1.807, 2.05) is 0 Å². The minimum Gasteiger partial charge on any atom is -0.329 e. The first-order chi connectivity index (χ1) is 5.85. The average molecular weight is 166 g/mol. The van der Waals surface area contributed by atoms with E-state index < -0.39 is 0 Å². The van der Waals surface area contributed by atoms with Crippen LogP contribution in [-0.2, 0) is 0 Å². The Morgan fingerprint density at radius 1 is 1.58 bits per heavy atom. The second-order valence-electron chi connectivity index (χ2n) is 4.07. The molecule has 2 nitrogen and oxygen atoms in total. The van der Waals surface area contributed by atoms with Gasteiger partial charge in [-0.05, 0) is 31.2 Å². The van der Waals surface area contributed by atoms with Crippen LogP contribution in [0.15, 0.2) is 12.7 Å². The van der Waals surface area contributed by atoms with E-state index >= 15 is 0 Å². The summed E-state index contributed by atoms with van der Waals surface area (Å²) in [7, 11) is 0. The van der Waals surface area contributed by atoms with Crippen LogP contribution in [0.5, 0.6) is 0 Å². The lowest BCUT2D eigenvalue weighted by molar-refractivity contribution is 0.0234. The quantitative estimate of drug-likeness (QED) is 0.616. The number of rotatable bonds is 2. The van der Waals surface area contributed by atoms with Crippen LogP contribution in [0.1, 0.15) is 12.8 Å². The number of hydrogen-bond acceptors (Lipinski definition) is 2. The van der Waals surface area contributed by atoms with Crippen LogP contribution < -0.4 is 5.73 Å². The van der Waals surface area contributed by atoms with Gasteiger partial charge in [0, 0.05) is 19.1 Å². The summed E-state index contributed by atoms with van der Waals surface area (Å²) in [4.78, 5) is 2.53. The zero-order valence-corrected chi connectivity index (χ0v) is 7.58. The maximum absolute atomic E-state index is 5.71. The molecule has 4 atom stereocenters. The van der Waals surface area contributed by atoms with Crippen molar-refractivity contribution in [2.75, 3.05) is 19.6 Å². The van der Waals surface area contributed by atoms with Gasteiger partial charge in [-0.2, -0.15) is 0 Å². The lowest BCUT2D eigenvalue weighted by Crippen LogP contribution is -2.55. The van der Waals surface area contributed by atoms with Gasteiger partial charge in [-0.3, -0.25) is 4.90 Å². The Morgan fingerprint density at radius 3 is 2.92 bits per heavy atom. The third-order valence-corrected chi connectivity index (χ3v) is 3.50. The first-order valence-electron chi connectivity index (χ1n) is 4.92. The summed E-state index contributed by atoms with van der Waals surface area (Å²) in [5.74, 6) is 1.61. The van der Waals surface area contributed by atoms with E-state index in [1.54, 1.807) is 0 Å². The molecule has 0 aromatic carbocycles. The van der Waals surface area contributed by atoms with Crippen molar-refractivity contribution in [1.82, 2.24) is 4.90 Å². The number of hydrogen-bond donors (Lipinski definition) is 1. The Morgan fingerprint density at radius 2 is 2.42 bits per heavy atom. The molecule has 68 valence electrons. The van der Waals surface area contributed by atoms with Gasteiger partial charge in [0.25, 0.3) is 0 Å². The standard InChI is InChI=1S/C10H18N2/c1-2-8-7-12-4-3-9(8)5-10(12)6-11/h2,8-10H,1,3-7,11H2/t8?,9?,10-/m0/s1. The van der Waals surface area contributed by atoms with Crippen molar-refractivity contribution in [1.29, 1.82) is 0 Å². The zero-order chi connectivity index (χ0) is 8.55. The molecule has 0 saturated carbocycles. The summed E-state index contributed by atoms with van der Waals surface area (Å²) in [6.07, 6.45) is 4.78. The van der Waals surface area contributed by atoms with Gasteiger partial charge in [0.1, 0.15) is 0 Å². The summed E-state index contributed by atoms with van der Waals surface area (Å²) in [6.45, 7) is 7.19. The highest BCUT2D eigenvalue weighted by Crippen LogP contribution is 2.36. The number of nitrogens with two attached hydrogens (primary N) is 1. The Labute approximate surface area is 74.4 Å². The summed E-state index contributed by atoms with van der Waals surface area (Å²) in [5, 5.41) is 0. The first kappa shape index (κ1) is 8.27. The Kier molecular flexibility index (Phi) is 2.20. The third-order valence-electron chi connectivity index (χ3n) is 3.50. The fourth-order valence-electron chi connectivity index (χ4n) is 2.69. The van der Waals surface area contributed by atoms with Gasteiger partial charge >= 0.3 is 0 Å². The average Bonchev–Trinajstić information content (AvgIpc) is 2.18. The molecular weight excluding hydrogens is 148 g/mol. The molecule has 3 fully saturated rings. The fraction of sp³-hybridized carbons (Fsp3) is 0.800. The van der Waals surface area contributed by atoms with Gasteiger partial charge in [-0.25, -0.2) is 0 Å². The lowest BCUT2D eigenvalue weighted by Gasteiger charge is -2.48. The van der Waals surface area contributed by atoms with Gasteiger partial charge < -0.3 is 5.73 Å². The SMILES string of the molecule is C=CC1CN2CCC1C[C@H]2CN. The topological polar surface area (TPSA) is 29.3 Å². The molecule has 3 rings (SSSR count). The van der Waals surface area contributed by atoms with Crippen LogP contribution in [0.2, 0.25) is 0 Å². The van der Waals surface area contributed by atoms with E-state index in [9.17, 15) is 0 Å². The maximum Gasteiger partial charge on any atom is 0.0221 e. The molecular formula is C10H18N2. The molecule has 0 aliphatic carbocycles. The third kappa shape index (κ3) is 1.19. The Bertz CT molecular complexity index is 179. The summed E-state index contributed by atoms with van der Waals surface area (Å²) in [6, 6.07) is 0.667. The predicted octanol–water partition coefficient (Wildman–Crippen LogP) is 0.841. The molecule has 2 heteroatoms. The van der Waals surface area contributed by atoms with Crippen LogP contribution in [0, 0.1) is 11.8 Å². The van der Waals surface area contributed by atoms with Crippen LogP contribution >= 0.6 is 0 Å². The number of fused-ring (bicyclic) bond motifs is 3. The van der Waals surface area contributed by atoms with E-state index in [1.165, 1.54) is 25.9 Å². The van der Waals surface area contributed by atoms with Crippen molar-refractivity contribution < 1.29 is 0 Å². The van der Waals surface area contributed by atoms with Crippen molar-refractivity contribution >= 4 is 0 Å². The van der Waals surface area contributed by atoms with Crippen LogP contribution in [0.3, 0.4) is 0 Å². The van der Waals surface area contributed by atoms with Gasteiger partial charge in [-0.15, -0.1) is 6.58 Å². The zero-order valence-electron chi connectivity index (χ0n) is 7.58. The molecule has 2 bridgehead atoms. The monoisotopic (exact) mass is 166 g/mol. The van der Waals surface area contributed by atoms with Crippen LogP contribution in [-0.4, -0.2) is 30.6 Å².